The number of nitrogen functional groups attached to an aromatic ring is 1. The molecular weight excluding hydrogens is 246 g/mol. The molecule has 0 aliphatic heterocycles. The summed E-state index contributed by atoms with van der Waals surface area (Å²) in [5.41, 5.74) is 6.14. The molecule has 0 atom stereocenters. The lowest BCUT2D eigenvalue weighted by molar-refractivity contribution is 0.587. The molecule has 2 aromatic rings. The summed E-state index contributed by atoms with van der Waals surface area (Å²) in [5, 5.41) is 3.32. The predicted octanol–water partition coefficient (Wildman–Crippen LogP) is 3.94. The Kier molecular flexibility index (Phi) is 3.15. The molecular formula is C12H9ClF2N2. The van der Waals surface area contributed by atoms with Crippen LogP contribution >= 0.6 is 11.6 Å². The van der Waals surface area contributed by atoms with Crippen LogP contribution in [0.2, 0.25) is 5.02 Å². The molecule has 0 unspecified atom stereocenters. The number of hydrogen-bond acceptors (Lipinski definition) is 2. The third kappa shape index (κ3) is 2.65. The topological polar surface area (TPSA) is 38.0 Å². The van der Waals surface area contributed by atoms with Gasteiger partial charge in [0.15, 0.2) is 5.82 Å². The normalized spacial score (nSPS) is 10.3. The summed E-state index contributed by atoms with van der Waals surface area (Å²) in [6.45, 7) is 0. The minimum Gasteiger partial charge on any atom is -0.395 e. The summed E-state index contributed by atoms with van der Waals surface area (Å²) in [7, 11) is 0. The molecule has 2 aromatic carbocycles. The SMILES string of the molecule is Nc1c(F)cc(F)cc1Nc1cccc(Cl)c1. The quantitative estimate of drug-likeness (QED) is 0.797. The number of nitrogens with two attached hydrogens (primary N) is 1. The molecule has 0 aliphatic carbocycles. The van der Waals surface area contributed by atoms with Crippen molar-refractivity contribution in [3.63, 3.8) is 0 Å². The molecule has 3 N–H and O–H groups in total. The van der Waals surface area contributed by atoms with Crippen molar-refractivity contribution in [2.45, 2.75) is 0 Å². The van der Waals surface area contributed by atoms with Crippen LogP contribution in [0.4, 0.5) is 25.8 Å². The van der Waals surface area contributed by atoms with Gasteiger partial charge in [-0.2, -0.15) is 0 Å². The molecule has 0 saturated heterocycles. The lowest BCUT2D eigenvalue weighted by Gasteiger charge is -2.10. The standard InChI is InChI=1S/C12H9ClF2N2/c13-7-2-1-3-9(4-7)17-11-6-8(14)5-10(15)12(11)16/h1-6,17H,16H2. The highest BCUT2D eigenvalue weighted by Crippen LogP contribution is 2.27. The zero-order valence-electron chi connectivity index (χ0n) is 8.68. The Bertz CT molecular complexity index is 558. The van der Waals surface area contributed by atoms with Crippen molar-refractivity contribution in [1.82, 2.24) is 0 Å². The molecule has 2 nitrogen and oxygen atoms in total. The van der Waals surface area contributed by atoms with Gasteiger partial charge in [-0.05, 0) is 24.3 Å². The van der Waals surface area contributed by atoms with E-state index in [1.165, 1.54) is 0 Å². The van der Waals surface area contributed by atoms with Crippen LogP contribution in [0.15, 0.2) is 36.4 Å². The van der Waals surface area contributed by atoms with E-state index in [4.69, 9.17) is 17.3 Å². The highest BCUT2D eigenvalue weighted by atomic mass is 35.5. The van der Waals surface area contributed by atoms with E-state index < -0.39 is 11.6 Å². The Labute approximate surface area is 102 Å². The molecule has 17 heavy (non-hydrogen) atoms. The molecule has 0 saturated carbocycles. The van der Waals surface area contributed by atoms with Crippen molar-refractivity contribution in [3.05, 3.63) is 53.1 Å². The summed E-state index contributed by atoms with van der Waals surface area (Å²) < 4.78 is 26.2. The first-order valence-corrected chi connectivity index (χ1v) is 5.21. The van der Waals surface area contributed by atoms with E-state index in [-0.39, 0.29) is 11.4 Å². The first-order valence-electron chi connectivity index (χ1n) is 4.83. The Balaban J connectivity index is 2.36. The fraction of sp³-hybridized carbons (Fsp3) is 0. The zero-order valence-corrected chi connectivity index (χ0v) is 9.43. The third-order valence-electron chi connectivity index (χ3n) is 2.20. The highest BCUT2D eigenvalue weighted by Gasteiger charge is 2.08. The van der Waals surface area contributed by atoms with Gasteiger partial charge in [0.2, 0.25) is 0 Å². The Morgan fingerprint density at radius 2 is 1.88 bits per heavy atom. The number of nitrogens with one attached hydrogen (secondary N) is 1. The molecule has 0 heterocycles. The molecule has 0 radical (unpaired) electrons. The van der Waals surface area contributed by atoms with E-state index >= 15 is 0 Å². The molecule has 0 aromatic heterocycles. The van der Waals surface area contributed by atoms with E-state index in [2.05, 4.69) is 5.32 Å². The number of halogens is 3. The smallest absolute Gasteiger partial charge is 0.151 e. The van der Waals surface area contributed by atoms with Gasteiger partial charge in [0.05, 0.1) is 11.4 Å². The second-order valence-electron chi connectivity index (χ2n) is 3.48. The summed E-state index contributed by atoms with van der Waals surface area (Å²) in [5.74, 6) is -1.49. The van der Waals surface area contributed by atoms with E-state index in [0.29, 0.717) is 10.7 Å². The van der Waals surface area contributed by atoms with Crippen LogP contribution in [0.1, 0.15) is 0 Å². The Morgan fingerprint density at radius 1 is 1.12 bits per heavy atom. The maximum absolute atomic E-state index is 13.2. The fourth-order valence-corrected chi connectivity index (χ4v) is 1.60. The largest absolute Gasteiger partial charge is 0.395 e. The van der Waals surface area contributed by atoms with Crippen LogP contribution in [0.5, 0.6) is 0 Å². The van der Waals surface area contributed by atoms with Crippen LogP contribution in [0, 0.1) is 11.6 Å². The molecule has 0 aliphatic rings. The molecule has 88 valence electrons. The summed E-state index contributed by atoms with van der Waals surface area (Å²) >= 11 is 5.79. The van der Waals surface area contributed by atoms with Crippen molar-refractivity contribution < 1.29 is 8.78 Å². The monoisotopic (exact) mass is 254 g/mol. The van der Waals surface area contributed by atoms with Crippen molar-refractivity contribution >= 4 is 28.7 Å². The average molecular weight is 255 g/mol. The van der Waals surface area contributed by atoms with Crippen molar-refractivity contribution in [3.8, 4) is 0 Å². The summed E-state index contributed by atoms with van der Waals surface area (Å²) in [4.78, 5) is 0. The van der Waals surface area contributed by atoms with E-state index in [0.717, 1.165) is 12.1 Å². The van der Waals surface area contributed by atoms with Gasteiger partial charge in [-0.1, -0.05) is 17.7 Å². The van der Waals surface area contributed by atoms with Gasteiger partial charge in [0.25, 0.3) is 0 Å². The second-order valence-corrected chi connectivity index (χ2v) is 3.92. The minimum atomic E-state index is -0.797. The van der Waals surface area contributed by atoms with Crippen molar-refractivity contribution in [1.29, 1.82) is 0 Å². The number of anilines is 3. The van der Waals surface area contributed by atoms with Crippen LogP contribution < -0.4 is 11.1 Å². The van der Waals surface area contributed by atoms with Gasteiger partial charge in [-0.15, -0.1) is 0 Å². The highest BCUT2D eigenvalue weighted by molar-refractivity contribution is 6.30. The second kappa shape index (κ2) is 4.59. The van der Waals surface area contributed by atoms with Gasteiger partial charge in [0.1, 0.15) is 5.82 Å². The van der Waals surface area contributed by atoms with E-state index in [1.54, 1.807) is 24.3 Å². The van der Waals surface area contributed by atoms with Crippen molar-refractivity contribution in [2.75, 3.05) is 11.1 Å². The number of hydrogen-bond donors (Lipinski definition) is 2. The van der Waals surface area contributed by atoms with Crippen LogP contribution in [-0.2, 0) is 0 Å². The predicted molar refractivity (Wildman–Crippen MR) is 65.5 cm³/mol. The maximum atomic E-state index is 13.2. The lowest BCUT2D eigenvalue weighted by Crippen LogP contribution is -2.00. The molecule has 0 bridgehead atoms. The van der Waals surface area contributed by atoms with Gasteiger partial charge in [-0.25, -0.2) is 8.78 Å². The Hall–Kier alpha value is -1.81. The molecule has 2 rings (SSSR count). The van der Waals surface area contributed by atoms with Crippen LogP contribution in [0.3, 0.4) is 0 Å². The number of rotatable bonds is 2. The first kappa shape index (κ1) is 11.7. The molecule has 0 spiro atoms. The van der Waals surface area contributed by atoms with Crippen LogP contribution in [-0.4, -0.2) is 0 Å². The molecule has 0 amide bonds. The molecule has 0 fully saturated rings. The van der Waals surface area contributed by atoms with Gasteiger partial charge >= 0.3 is 0 Å². The summed E-state index contributed by atoms with van der Waals surface area (Å²) in [6.07, 6.45) is 0. The summed E-state index contributed by atoms with van der Waals surface area (Å²) in [6, 6.07) is 8.62. The average Bonchev–Trinajstić information content (AvgIpc) is 2.25. The van der Waals surface area contributed by atoms with Crippen LogP contribution in [0.25, 0.3) is 0 Å². The number of benzene rings is 2. The van der Waals surface area contributed by atoms with E-state index in [1.807, 2.05) is 0 Å². The third-order valence-corrected chi connectivity index (χ3v) is 2.43. The molecule has 5 heteroatoms. The van der Waals surface area contributed by atoms with Crippen molar-refractivity contribution in [2.24, 2.45) is 0 Å². The maximum Gasteiger partial charge on any atom is 0.151 e. The fourth-order valence-electron chi connectivity index (χ4n) is 1.41. The van der Waals surface area contributed by atoms with Gasteiger partial charge in [-0.3, -0.25) is 0 Å². The first-order chi connectivity index (χ1) is 8.06. The zero-order chi connectivity index (χ0) is 12.4. The minimum absolute atomic E-state index is 0.133. The van der Waals surface area contributed by atoms with E-state index in [9.17, 15) is 8.78 Å². The lowest BCUT2D eigenvalue weighted by atomic mass is 10.2. The van der Waals surface area contributed by atoms with Gasteiger partial charge < -0.3 is 11.1 Å². The van der Waals surface area contributed by atoms with Gasteiger partial charge in [0, 0.05) is 16.8 Å². The Morgan fingerprint density at radius 3 is 2.59 bits per heavy atom.